The van der Waals surface area contributed by atoms with Crippen LogP contribution in [0.3, 0.4) is 0 Å². The van der Waals surface area contributed by atoms with Gasteiger partial charge in [-0.3, -0.25) is 14.5 Å². The molecule has 0 bridgehead atoms. The van der Waals surface area contributed by atoms with Crippen molar-refractivity contribution in [2.75, 3.05) is 12.4 Å². The van der Waals surface area contributed by atoms with Crippen molar-refractivity contribution in [3.05, 3.63) is 46.4 Å². The average Bonchev–Trinajstić information content (AvgIpc) is 3.18. The number of hydrogen-bond donors (Lipinski definition) is 1. The Morgan fingerprint density at radius 3 is 2.47 bits per heavy atom. The molecule has 9 nitrogen and oxygen atoms in total. The second-order valence-electron chi connectivity index (χ2n) is 6.82. The summed E-state index contributed by atoms with van der Waals surface area (Å²) in [6.45, 7) is 1.34. The van der Waals surface area contributed by atoms with Gasteiger partial charge in [-0.25, -0.2) is 14.6 Å². The fourth-order valence-electron chi connectivity index (χ4n) is 2.96. The Bertz CT molecular complexity index is 1250. The molecule has 1 saturated heterocycles. The maximum Gasteiger partial charge on any atom is 0.341 e. The normalized spacial score (nSPS) is 16.6. The number of barbiturate groups is 1. The number of benzene rings is 2. The first-order valence-electron chi connectivity index (χ1n) is 9.16. The van der Waals surface area contributed by atoms with Gasteiger partial charge < -0.3 is 10.1 Å². The minimum atomic E-state index is -1.13. The van der Waals surface area contributed by atoms with Crippen LogP contribution >= 0.6 is 34.5 Å². The van der Waals surface area contributed by atoms with Crippen molar-refractivity contribution in [2.45, 2.75) is 6.92 Å². The predicted octanol–water partition coefficient (Wildman–Crippen LogP) is 4.98. The molecule has 12 heteroatoms. The molecule has 2 aromatic carbocycles. The molecule has 0 saturated carbocycles. The summed E-state index contributed by atoms with van der Waals surface area (Å²) in [5.74, 6) is -2.24. The number of fused-ring (bicyclic) bond motifs is 1. The van der Waals surface area contributed by atoms with E-state index in [1.54, 1.807) is 24.3 Å². The summed E-state index contributed by atoms with van der Waals surface area (Å²) in [6.07, 6.45) is 0. The lowest BCUT2D eigenvalue weighted by Crippen LogP contribution is -2.60. The van der Waals surface area contributed by atoms with Crippen LogP contribution in [-0.2, 0) is 9.59 Å². The van der Waals surface area contributed by atoms with E-state index in [1.165, 1.54) is 37.4 Å². The van der Waals surface area contributed by atoms with E-state index in [-0.39, 0.29) is 0 Å². The van der Waals surface area contributed by atoms with E-state index in [0.717, 1.165) is 4.90 Å². The Morgan fingerprint density at radius 2 is 1.78 bits per heavy atom. The summed E-state index contributed by atoms with van der Waals surface area (Å²) >= 11 is 13.4. The van der Waals surface area contributed by atoms with Crippen molar-refractivity contribution in [2.24, 2.45) is 5.92 Å². The van der Waals surface area contributed by atoms with Gasteiger partial charge in [-0.15, -0.1) is 0 Å². The van der Waals surface area contributed by atoms with E-state index >= 15 is 0 Å². The van der Waals surface area contributed by atoms with E-state index in [0.29, 0.717) is 41.8 Å². The largest absolute Gasteiger partial charge is 0.431 e. The molecule has 0 aliphatic carbocycles. The zero-order chi connectivity index (χ0) is 23.2. The Kier molecular flexibility index (Phi) is 5.76. The number of nitrogens with one attached hydrogen (secondary N) is 1. The Morgan fingerprint density at radius 1 is 1.09 bits per heavy atom. The lowest BCUT2D eigenvalue weighted by Gasteiger charge is -2.32. The molecular formula is C20H14Cl2N4O5S. The average molecular weight is 493 g/mol. The van der Waals surface area contributed by atoms with Gasteiger partial charge in [-0.05, 0) is 43.3 Å². The summed E-state index contributed by atoms with van der Waals surface area (Å²) in [6, 6.07) is 7.63. The number of carbonyl (C=O) groups is 4. The number of urea groups is 2. The van der Waals surface area contributed by atoms with Gasteiger partial charge in [-0.2, -0.15) is 4.90 Å². The topological polar surface area (TPSA) is 109 Å². The smallest absolute Gasteiger partial charge is 0.341 e. The van der Waals surface area contributed by atoms with Gasteiger partial charge in [0.25, 0.3) is 11.1 Å². The molecule has 32 heavy (non-hydrogen) atoms. The lowest BCUT2D eigenvalue weighted by atomic mass is 10.1. The second-order valence-corrected chi connectivity index (χ2v) is 8.57. The number of carbonyl (C=O) groups excluding carboxylic acids is 4. The van der Waals surface area contributed by atoms with Gasteiger partial charge >= 0.3 is 12.1 Å². The summed E-state index contributed by atoms with van der Waals surface area (Å²) < 4.78 is 6.44. The number of rotatable bonds is 3. The van der Waals surface area contributed by atoms with Crippen LogP contribution in [0.4, 0.5) is 15.3 Å². The van der Waals surface area contributed by atoms with Gasteiger partial charge in [-0.1, -0.05) is 34.5 Å². The molecule has 1 N–H and O–H groups in total. The van der Waals surface area contributed by atoms with Crippen LogP contribution in [0.25, 0.3) is 10.2 Å². The van der Waals surface area contributed by atoms with Crippen molar-refractivity contribution in [3.63, 3.8) is 0 Å². The van der Waals surface area contributed by atoms with Crippen LogP contribution < -0.4 is 10.1 Å². The van der Waals surface area contributed by atoms with Gasteiger partial charge in [0.1, 0.15) is 11.7 Å². The maximum atomic E-state index is 12.5. The fraction of sp³-hybridized carbons (Fsp3) is 0.150. The molecule has 0 radical (unpaired) electrons. The number of anilines is 1. The second kappa shape index (κ2) is 8.38. The number of hydrogen-bond acceptors (Lipinski definition) is 7. The SMILES string of the molecule is CC1C(=O)N(C)C(=O)N(C(=O)Nc2ccc(Oc3nc4ccc(Cl)c(Cl)c4s3)cc2)C1=O. The molecule has 4 rings (SSSR count). The highest BCUT2D eigenvalue weighted by molar-refractivity contribution is 7.21. The first-order chi connectivity index (χ1) is 15.2. The minimum Gasteiger partial charge on any atom is -0.431 e. The number of aromatic nitrogens is 1. The Hall–Kier alpha value is -3.21. The highest BCUT2D eigenvalue weighted by Gasteiger charge is 2.45. The Labute approximate surface area is 195 Å². The highest BCUT2D eigenvalue weighted by Crippen LogP contribution is 2.38. The highest BCUT2D eigenvalue weighted by atomic mass is 35.5. The number of nitrogens with zero attached hydrogens (tertiary/aromatic N) is 3. The van der Waals surface area contributed by atoms with Gasteiger partial charge in [0.15, 0.2) is 0 Å². The van der Waals surface area contributed by atoms with E-state index in [1.807, 2.05) is 0 Å². The van der Waals surface area contributed by atoms with Crippen molar-refractivity contribution < 1.29 is 23.9 Å². The van der Waals surface area contributed by atoms with Crippen molar-refractivity contribution >= 4 is 74.3 Å². The van der Waals surface area contributed by atoms with Gasteiger partial charge in [0, 0.05) is 12.7 Å². The molecule has 164 valence electrons. The summed E-state index contributed by atoms with van der Waals surface area (Å²) in [7, 11) is 1.21. The van der Waals surface area contributed by atoms with Gasteiger partial charge in [0.05, 0.1) is 20.3 Å². The van der Waals surface area contributed by atoms with Crippen molar-refractivity contribution in [3.8, 4) is 10.9 Å². The number of imide groups is 4. The van der Waals surface area contributed by atoms with Gasteiger partial charge in [0.2, 0.25) is 5.91 Å². The molecular weight excluding hydrogens is 479 g/mol. The quantitative estimate of drug-likeness (QED) is 0.516. The third kappa shape index (κ3) is 3.88. The number of halogens is 2. The predicted molar refractivity (Wildman–Crippen MR) is 119 cm³/mol. The third-order valence-electron chi connectivity index (χ3n) is 4.71. The summed E-state index contributed by atoms with van der Waals surface area (Å²) in [4.78, 5) is 54.3. The standard InChI is InChI=1S/C20H14Cl2N4O5S/c1-9-16(27)25(2)20(30)26(17(9)28)18(29)23-10-3-5-11(6-4-10)31-19-24-13-8-7-12(21)14(22)15(13)32-19/h3-9H,1-2H3,(H,23,29). The van der Waals surface area contributed by atoms with E-state index in [2.05, 4.69) is 10.3 Å². The fourth-order valence-corrected chi connectivity index (χ4v) is 4.32. The number of ether oxygens (including phenoxy) is 1. The van der Waals surface area contributed by atoms with Crippen LogP contribution in [0.1, 0.15) is 6.92 Å². The minimum absolute atomic E-state index is 0.314. The molecule has 1 unspecified atom stereocenters. The molecule has 1 aliphatic rings. The molecule has 1 aromatic heterocycles. The van der Waals surface area contributed by atoms with Crippen LogP contribution in [-0.4, -0.2) is 45.7 Å². The molecule has 2 heterocycles. The monoisotopic (exact) mass is 492 g/mol. The number of amides is 6. The maximum absolute atomic E-state index is 12.5. The molecule has 1 fully saturated rings. The zero-order valence-electron chi connectivity index (χ0n) is 16.6. The first-order valence-corrected chi connectivity index (χ1v) is 10.7. The number of thiazole rings is 1. The lowest BCUT2D eigenvalue weighted by molar-refractivity contribution is -0.145. The zero-order valence-corrected chi connectivity index (χ0v) is 18.9. The van der Waals surface area contributed by atoms with Crippen molar-refractivity contribution in [1.29, 1.82) is 0 Å². The Balaban J connectivity index is 1.47. The van der Waals surface area contributed by atoms with E-state index in [9.17, 15) is 19.2 Å². The molecule has 1 atom stereocenters. The molecule has 6 amide bonds. The molecule has 0 spiro atoms. The molecule has 3 aromatic rings. The van der Waals surface area contributed by atoms with Crippen LogP contribution in [0.15, 0.2) is 36.4 Å². The summed E-state index contributed by atoms with van der Waals surface area (Å²) in [5.41, 5.74) is 0.964. The summed E-state index contributed by atoms with van der Waals surface area (Å²) in [5, 5.41) is 3.64. The van der Waals surface area contributed by atoms with E-state index < -0.39 is 29.8 Å². The van der Waals surface area contributed by atoms with E-state index in [4.69, 9.17) is 27.9 Å². The molecule has 1 aliphatic heterocycles. The van der Waals surface area contributed by atoms with Crippen LogP contribution in [0, 0.1) is 5.92 Å². The van der Waals surface area contributed by atoms with Crippen LogP contribution in [0.2, 0.25) is 10.0 Å². The van der Waals surface area contributed by atoms with Crippen LogP contribution in [0.5, 0.6) is 10.9 Å². The third-order valence-corrected chi connectivity index (χ3v) is 6.60. The first kappa shape index (κ1) is 22.0. The van der Waals surface area contributed by atoms with Crippen molar-refractivity contribution in [1.82, 2.24) is 14.8 Å².